The Balaban J connectivity index is 1.97. The van der Waals surface area contributed by atoms with E-state index in [2.05, 4.69) is 33.9 Å². The predicted molar refractivity (Wildman–Crippen MR) is 129 cm³/mol. The van der Waals surface area contributed by atoms with Crippen LogP contribution in [0.1, 0.15) is 43.9 Å². The first-order valence-electron chi connectivity index (χ1n) is 10.4. The van der Waals surface area contributed by atoms with E-state index in [1.165, 1.54) is 12.2 Å². The SMILES string of the molecule is CC(C)(C)[Si](C)(C)OCc1ccccc1/C=C/C(=O)CC(=O)/C=C/c1ccc(O)cc1. The third-order valence-electron chi connectivity index (χ3n) is 5.60. The number of allylic oxidation sites excluding steroid dienone is 2. The number of hydrogen-bond acceptors (Lipinski definition) is 4. The van der Waals surface area contributed by atoms with E-state index in [1.54, 1.807) is 36.4 Å². The molecule has 31 heavy (non-hydrogen) atoms. The topological polar surface area (TPSA) is 63.6 Å². The summed E-state index contributed by atoms with van der Waals surface area (Å²) in [5.41, 5.74) is 2.72. The smallest absolute Gasteiger partial charge is 0.192 e. The quantitative estimate of drug-likeness (QED) is 0.290. The minimum atomic E-state index is -1.87. The molecule has 0 amide bonds. The molecule has 0 aliphatic rings. The van der Waals surface area contributed by atoms with Gasteiger partial charge in [0.15, 0.2) is 19.9 Å². The fraction of sp³-hybridized carbons (Fsp3) is 0.308. The van der Waals surface area contributed by atoms with E-state index in [0.29, 0.717) is 6.61 Å². The molecule has 0 aliphatic carbocycles. The number of benzene rings is 2. The van der Waals surface area contributed by atoms with Gasteiger partial charge in [0.2, 0.25) is 0 Å². The van der Waals surface area contributed by atoms with Crippen molar-refractivity contribution >= 4 is 32.0 Å². The Bertz CT molecular complexity index is 964. The molecule has 0 unspecified atom stereocenters. The second-order valence-electron chi connectivity index (χ2n) is 9.12. The number of aromatic hydroxyl groups is 1. The lowest BCUT2D eigenvalue weighted by Crippen LogP contribution is -2.40. The Morgan fingerprint density at radius 3 is 2.13 bits per heavy atom. The van der Waals surface area contributed by atoms with Gasteiger partial charge in [0, 0.05) is 0 Å². The van der Waals surface area contributed by atoms with E-state index in [4.69, 9.17) is 4.43 Å². The van der Waals surface area contributed by atoms with Gasteiger partial charge in [0.05, 0.1) is 13.0 Å². The molecule has 2 aromatic carbocycles. The summed E-state index contributed by atoms with van der Waals surface area (Å²) in [7, 11) is -1.87. The first-order valence-corrected chi connectivity index (χ1v) is 13.3. The summed E-state index contributed by atoms with van der Waals surface area (Å²) >= 11 is 0. The van der Waals surface area contributed by atoms with Crippen molar-refractivity contribution in [3.8, 4) is 5.75 Å². The number of carbonyl (C=O) groups excluding carboxylic acids is 2. The lowest BCUT2D eigenvalue weighted by atomic mass is 10.1. The molecule has 164 valence electrons. The van der Waals surface area contributed by atoms with Gasteiger partial charge in [0.25, 0.3) is 0 Å². The van der Waals surface area contributed by atoms with Crippen molar-refractivity contribution in [2.24, 2.45) is 0 Å². The van der Waals surface area contributed by atoms with Gasteiger partial charge >= 0.3 is 0 Å². The van der Waals surface area contributed by atoms with Crippen molar-refractivity contribution in [3.05, 3.63) is 77.4 Å². The molecule has 0 spiro atoms. The van der Waals surface area contributed by atoms with Gasteiger partial charge in [-0.05, 0) is 59.1 Å². The van der Waals surface area contributed by atoms with E-state index in [9.17, 15) is 14.7 Å². The zero-order valence-corrected chi connectivity index (χ0v) is 20.0. The first kappa shape index (κ1) is 24.5. The van der Waals surface area contributed by atoms with Gasteiger partial charge in [-0.1, -0.05) is 69.3 Å². The molecule has 4 nitrogen and oxygen atoms in total. The monoisotopic (exact) mass is 436 g/mol. The average molecular weight is 437 g/mol. The summed E-state index contributed by atoms with van der Waals surface area (Å²) < 4.78 is 6.31. The van der Waals surface area contributed by atoms with Gasteiger partial charge in [0.1, 0.15) is 5.75 Å². The Labute approximate surface area is 186 Å². The largest absolute Gasteiger partial charge is 0.508 e. The van der Waals surface area contributed by atoms with Gasteiger partial charge in [-0.25, -0.2) is 0 Å². The molecule has 1 N–H and O–H groups in total. The van der Waals surface area contributed by atoms with Crippen LogP contribution in [0.2, 0.25) is 18.1 Å². The van der Waals surface area contributed by atoms with Crippen LogP contribution in [0.4, 0.5) is 0 Å². The number of ketones is 2. The average Bonchev–Trinajstić information content (AvgIpc) is 2.70. The summed E-state index contributed by atoms with van der Waals surface area (Å²) in [6, 6.07) is 14.3. The lowest BCUT2D eigenvalue weighted by molar-refractivity contribution is -0.121. The predicted octanol–water partition coefficient (Wildman–Crippen LogP) is 6.17. The molecule has 0 heterocycles. The Hall–Kier alpha value is -2.76. The van der Waals surface area contributed by atoms with E-state index in [0.717, 1.165) is 16.7 Å². The van der Waals surface area contributed by atoms with Crippen LogP contribution in [0.3, 0.4) is 0 Å². The Morgan fingerprint density at radius 2 is 1.52 bits per heavy atom. The fourth-order valence-electron chi connectivity index (χ4n) is 2.55. The van der Waals surface area contributed by atoms with Crippen molar-refractivity contribution in [2.75, 3.05) is 0 Å². The van der Waals surface area contributed by atoms with Gasteiger partial charge < -0.3 is 9.53 Å². The van der Waals surface area contributed by atoms with Crippen molar-refractivity contribution in [1.82, 2.24) is 0 Å². The fourth-order valence-corrected chi connectivity index (χ4v) is 3.50. The van der Waals surface area contributed by atoms with Gasteiger partial charge in [-0.2, -0.15) is 0 Å². The zero-order valence-electron chi connectivity index (χ0n) is 19.0. The maximum absolute atomic E-state index is 12.2. The molecular formula is C26H32O4Si. The summed E-state index contributed by atoms with van der Waals surface area (Å²) in [5, 5.41) is 9.41. The molecule has 0 atom stereocenters. The summed E-state index contributed by atoms with van der Waals surface area (Å²) in [5.74, 6) is -0.350. The van der Waals surface area contributed by atoms with E-state index < -0.39 is 8.32 Å². The van der Waals surface area contributed by atoms with Crippen LogP contribution in [0.5, 0.6) is 5.75 Å². The molecule has 2 aromatic rings. The highest BCUT2D eigenvalue weighted by molar-refractivity contribution is 6.74. The van der Waals surface area contributed by atoms with Crippen LogP contribution in [-0.2, 0) is 20.6 Å². The Kier molecular flexibility index (Phi) is 8.31. The summed E-state index contributed by atoms with van der Waals surface area (Å²) in [6.07, 6.45) is 6.04. The van der Waals surface area contributed by atoms with E-state index in [-0.39, 0.29) is 28.8 Å². The molecular weight excluding hydrogens is 404 g/mol. The normalized spacial score (nSPS) is 12.5. The Morgan fingerprint density at radius 1 is 0.935 bits per heavy atom. The molecule has 0 aromatic heterocycles. The van der Waals surface area contributed by atoms with Crippen LogP contribution in [0.15, 0.2) is 60.7 Å². The van der Waals surface area contributed by atoms with Crippen molar-refractivity contribution < 1.29 is 19.1 Å². The van der Waals surface area contributed by atoms with Gasteiger partial charge in [-0.15, -0.1) is 0 Å². The van der Waals surface area contributed by atoms with Crippen LogP contribution < -0.4 is 0 Å². The van der Waals surface area contributed by atoms with E-state index >= 15 is 0 Å². The molecule has 0 aliphatic heterocycles. The molecule has 5 heteroatoms. The number of hydrogen-bond donors (Lipinski definition) is 1. The number of carbonyl (C=O) groups is 2. The maximum atomic E-state index is 12.2. The number of phenolic OH excluding ortho intramolecular Hbond substituents is 1. The highest BCUT2D eigenvalue weighted by Gasteiger charge is 2.37. The first-order chi connectivity index (χ1) is 14.5. The van der Waals surface area contributed by atoms with Crippen LogP contribution in [0, 0.1) is 0 Å². The molecule has 2 rings (SSSR count). The van der Waals surface area contributed by atoms with E-state index in [1.807, 2.05) is 24.3 Å². The minimum Gasteiger partial charge on any atom is -0.508 e. The molecule has 0 saturated carbocycles. The second kappa shape index (κ2) is 10.5. The van der Waals surface area contributed by atoms with Crippen molar-refractivity contribution in [2.45, 2.75) is 51.9 Å². The molecule has 0 saturated heterocycles. The number of phenols is 1. The third-order valence-corrected chi connectivity index (χ3v) is 10.1. The number of rotatable bonds is 9. The molecule has 0 fully saturated rings. The highest BCUT2D eigenvalue weighted by atomic mass is 28.4. The summed E-state index contributed by atoms with van der Waals surface area (Å²) in [4.78, 5) is 24.3. The van der Waals surface area contributed by atoms with Crippen LogP contribution in [0.25, 0.3) is 12.2 Å². The standard InChI is InChI=1S/C26H32O4Si/c1-26(2,3)31(4,5)30-19-22-9-7-6-8-21(22)13-17-25(29)18-24(28)16-12-20-10-14-23(27)15-11-20/h6-17,27H,18-19H2,1-5H3/b16-12+,17-13+. The molecule has 0 radical (unpaired) electrons. The van der Waals surface area contributed by atoms with Crippen LogP contribution >= 0.6 is 0 Å². The molecule has 0 bridgehead atoms. The van der Waals surface area contributed by atoms with Crippen molar-refractivity contribution in [3.63, 3.8) is 0 Å². The second-order valence-corrected chi connectivity index (χ2v) is 13.9. The highest BCUT2D eigenvalue weighted by Crippen LogP contribution is 2.37. The summed E-state index contributed by atoms with van der Waals surface area (Å²) in [6.45, 7) is 11.5. The maximum Gasteiger partial charge on any atom is 0.192 e. The third kappa shape index (κ3) is 7.77. The van der Waals surface area contributed by atoms with Crippen molar-refractivity contribution in [1.29, 1.82) is 0 Å². The lowest BCUT2D eigenvalue weighted by Gasteiger charge is -2.36. The van der Waals surface area contributed by atoms with Gasteiger partial charge in [-0.3, -0.25) is 9.59 Å². The minimum absolute atomic E-state index is 0.127. The van der Waals surface area contributed by atoms with Crippen LogP contribution in [-0.4, -0.2) is 25.0 Å². The zero-order chi connectivity index (χ0) is 23.1.